The molecule has 0 aliphatic carbocycles. The molecule has 6 rings (SSSR count). The molecule has 0 saturated heterocycles. The summed E-state index contributed by atoms with van der Waals surface area (Å²) in [6, 6.07) is 35.2. The van der Waals surface area contributed by atoms with Gasteiger partial charge in [-0.1, -0.05) is 78.9 Å². The first-order chi connectivity index (χ1) is 21.1. The van der Waals surface area contributed by atoms with E-state index in [0.29, 0.717) is 11.4 Å². The van der Waals surface area contributed by atoms with Gasteiger partial charge < -0.3 is 14.8 Å². The van der Waals surface area contributed by atoms with Gasteiger partial charge in [-0.05, 0) is 47.9 Å². The van der Waals surface area contributed by atoms with Crippen molar-refractivity contribution in [2.75, 3.05) is 19.1 Å². The van der Waals surface area contributed by atoms with Gasteiger partial charge >= 0.3 is 0 Å². The summed E-state index contributed by atoms with van der Waals surface area (Å²) >= 11 is 3.30. The Hall–Kier alpha value is -4.11. The number of thioether (sulfide) groups is 1. The van der Waals surface area contributed by atoms with Crippen LogP contribution in [0.4, 0.5) is 0 Å². The van der Waals surface area contributed by atoms with E-state index in [2.05, 4.69) is 75.9 Å². The second-order valence-electron chi connectivity index (χ2n) is 10.4. The summed E-state index contributed by atoms with van der Waals surface area (Å²) < 4.78 is 11.1. The zero-order valence-corrected chi connectivity index (χ0v) is 25.6. The Morgan fingerprint density at radius 3 is 2.33 bits per heavy atom. The predicted molar refractivity (Wildman–Crippen MR) is 174 cm³/mol. The lowest BCUT2D eigenvalue weighted by Gasteiger charge is -2.23. The zero-order valence-electron chi connectivity index (χ0n) is 24.0. The van der Waals surface area contributed by atoms with Crippen LogP contribution in [-0.2, 0) is 19.6 Å². The summed E-state index contributed by atoms with van der Waals surface area (Å²) in [6.45, 7) is 5.19. The van der Waals surface area contributed by atoms with Crippen molar-refractivity contribution < 1.29 is 14.3 Å². The first-order valence-electron chi connectivity index (χ1n) is 14.3. The number of aryl methyl sites for hydroxylation is 1. The number of aromatic nitrogens is 1. The van der Waals surface area contributed by atoms with Crippen LogP contribution in [0.15, 0.2) is 108 Å². The van der Waals surface area contributed by atoms with Gasteiger partial charge in [-0.25, -0.2) is 4.98 Å². The SMILES string of the molecule is Cc1nc(-c2ccccc2)sc1C(=O)NCc1ccc(CN(CCSc2ccccc2)Cc2ccc3c(c2)OCO3)cc1. The highest BCUT2D eigenvalue weighted by atomic mass is 32.2. The highest BCUT2D eigenvalue weighted by Gasteiger charge is 2.17. The van der Waals surface area contributed by atoms with E-state index < -0.39 is 0 Å². The molecular weight excluding hydrogens is 575 g/mol. The van der Waals surface area contributed by atoms with Crippen LogP contribution >= 0.6 is 23.1 Å². The van der Waals surface area contributed by atoms with Gasteiger partial charge in [-0.15, -0.1) is 23.1 Å². The fourth-order valence-corrected chi connectivity index (χ4v) is 6.84. The summed E-state index contributed by atoms with van der Waals surface area (Å²) in [5, 5.41) is 3.94. The highest BCUT2D eigenvalue weighted by molar-refractivity contribution is 7.99. The topological polar surface area (TPSA) is 63.7 Å². The number of rotatable bonds is 12. The summed E-state index contributed by atoms with van der Waals surface area (Å²) in [5.74, 6) is 2.51. The van der Waals surface area contributed by atoms with Gasteiger partial charge in [-0.3, -0.25) is 9.69 Å². The molecule has 0 unspecified atom stereocenters. The van der Waals surface area contributed by atoms with Crippen molar-refractivity contribution in [3.8, 4) is 22.1 Å². The second kappa shape index (κ2) is 13.9. The maximum absolute atomic E-state index is 13.0. The molecule has 0 fully saturated rings. The monoisotopic (exact) mass is 607 g/mol. The van der Waals surface area contributed by atoms with Gasteiger partial charge in [0.1, 0.15) is 9.88 Å². The molecule has 0 radical (unpaired) electrons. The summed E-state index contributed by atoms with van der Waals surface area (Å²) in [4.78, 5) is 22.0. The molecule has 0 saturated carbocycles. The van der Waals surface area contributed by atoms with Crippen LogP contribution in [-0.4, -0.2) is 34.9 Å². The molecule has 0 bridgehead atoms. The van der Waals surface area contributed by atoms with Gasteiger partial charge in [0.25, 0.3) is 5.91 Å². The molecule has 43 heavy (non-hydrogen) atoms. The summed E-state index contributed by atoms with van der Waals surface area (Å²) in [5.41, 5.74) is 5.26. The molecule has 2 heterocycles. The van der Waals surface area contributed by atoms with Crippen LogP contribution in [0.2, 0.25) is 0 Å². The Labute approximate surface area is 260 Å². The van der Waals surface area contributed by atoms with E-state index in [1.54, 1.807) is 0 Å². The second-order valence-corrected chi connectivity index (χ2v) is 12.5. The van der Waals surface area contributed by atoms with E-state index in [4.69, 9.17) is 9.47 Å². The van der Waals surface area contributed by atoms with Crippen LogP contribution in [0.1, 0.15) is 32.1 Å². The molecule has 4 aromatic carbocycles. The lowest BCUT2D eigenvalue weighted by Crippen LogP contribution is -2.25. The van der Waals surface area contributed by atoms with Crippen molar-refractivity contribution in [2.24, 2.45) is 0 Å². The van der Waals surface area contributed by atoms with Gasteiger partial charge in [-0.2, -0.15) is 0 Å². The molecule has 1 amide bonds. The van der Waals surface area contributed by atoms with E-state index in [1.165, 1.54) is 27.4 Å². The third kappa shape index (κ3) is 7.65. The number of carbonyl (C=O) groups excluding carboxylic acids is 1. The first kappa shape index (κ1) is 29.0. The predicted octanol–water partition coefficient (Wildman–Crippen LogP) is 7.57. The third-order valence-corrected chi connectivity index (χ3v) is 9.37. The molecule has 5 aromatic rings. The Bertz CT molecular complexity index is 1660. The molecule has 8 heteroatoms. The largest absolute Gasteiger partial charge is 0.454 e. The minimum Gasteiger partial charge on any atom is -0.454 e. The normalized spacial score (nSPS) is 12.0. The maximum Gasteiger partial charge on any atom is 0.263 e. The highest BCUT2D eigenvalue weighted by Crippen LogP contribution is 2.33. The Morgan fingerprint density at radius 2 is 1.53 bits per heavy atom. The average molecular weight is 608 g/mol. The third-order valence-electron chi connectivity index (χ3n) is 7.17. The Balaban J connectivity index is 1.07. The number of hydrogen-bond acceptors (Lipinski definition) is 7. The standard InChI is InChI=1S/C35H33N3O3S2/c1-25-33(43-35(37-25)29-8-4-2-5-9-29)34(39)36-21-26-12-14-27(15-13-26)22-38(18-19-42-30-10-6-3-7-11-30)23-28-16-17-31-32(20-28)41-24-40-31/h2-17,20H,18-19,21-24H2,1H3,(H,36,39). The number of hydrogen-bond donors (Lipinski definition) is 1. The van der Waals surface area contributed by atoms with E-state index >= 15 is 0 Å². The minimum atomic E-state index is -0.0907. The number of thiazole rings is 1. The van der Waals surface area contributed by atoms with Gasteiger partial charge in [0.15, 0.2) is 11.5 Å². The van der Waals surface area contributed by atoms with Crippen molar-refractivity contribution in [3.05, 3.63) is 130 Å². The minimum absolute atomic E-state index is 0.0907. The lowest BCUT2D eigenvalue weighted by molar-refractivity contribution is 0.0954. The van der Waals surface area contributed by atoms with Crippen LogP contribution in [0.5, 0.6) is 11.5 Å². The van der Waals surface area contributed by atoms with E-state index in [9.17, 15) is 4.79 Å². The van der Waals surface area contributed by atoms with Crippen molar-refractivity contribution in [3.63, 3.8) is 0 Å². The maximum atomic E-state index is 13.0. The molecular formula is C35H33N3O3S2. The summed E-state index contributed by atoms with van der Waals surface area (Å²) in [6.07, 6.45) is 0. The quantitative estimate of drug-likeness (QED) is 0.148. The van der Waals surface area contributed by atoms with E-state index in [0.717, 1.165) is 58.7 Å². The lowest BCUT2D eigenvalue weighted by atomic mass is 10.1. The molecule has 0 atom stereocenters. The molecule has 218 valence electrons. The van der Waals surface area contributed by atoms with Gasteiger partial charge in [0, 0.05) is 42.4 Å². The molecule has 1 aliphatic heterocycles. The van der Waals surface area contributed by atoms with Crippen molar-refractivity contribution in [1.82, 2.24) is 15.2 Å². The number of nitrogens with one attached hydrogen (secondary N) is 1. The Morgan fingerprint density at radius 1 is 0.860 bits per heavy atom. The van der Waals surface area contributed by atoms with Gasteiger partial charge in [0.05, 0.1) is 5.69 Å². The molecule has 1 aromatic heterocycles. The molecule has 1 N–H and O–H groups in total. The average Bonchev–Trinajstić information content (AvgIpc) is 3.68. The van der Waals surface area contributed by atoms with E-state index in [1.807, 2.05) is 61.2 Å². The summed E-state index contributed by atoms with van der Waals surface area (Å²) in [7, 11) is 0. The fraction of sp³-hybridized carbons (Fsp3) is 0.200. The van der Waals surface area contributed by atoms with Crippen molar-refractivity contribution >= 4 is 29.0 Å². The number of amides is 1. The van der Waals surface area contributed by atoms with E-state index in [-0.39, 0.29) is 12.7 Å². The molecule has 6 nitrogen and oxygen atoms in total. The number of nitrogens with zero attached hydrogens (tertiary/aromatic N) is 2. The molecule has 1 aliphatic rings. The van der Waals surface area contributed by atoms with Crippen molar-refractivity contribution in [1.29, 1.82) is 0 Å². The van der Waals surface area contributed by atoms with Crippen LogP contribution in [0.25, 0.3) is 10.6 Å². The number of benzene rings is 4. The van der Waals surface area contributed by atoms with Crippen LogP contribution < -0.4 is 14.8 Å². The van der Waals surface area contributed by atoms with Gasteiger partial charge in [0.2, 0.25) is 6.79 Å². The number of ether oxygens (including phenoxy) is 2. The smallest absolute Gasteiger partial charge is 0.263 e. The Kier molecular flexibility index (Phi) is 9.37. The molecule has 0 spiro atoms. The van der Waals surface area contributed by atoms with Crippen LogP contribution in [0.3, 0.4) is 0 Å². The number of carbonyl (C=O) groups is 1. The first-order valence-corrected chi connectivity index (χ1v) is 16.1. The zero-order chi connectivity index (χ0) is 29.4. The number of fused-ring (bicyclic) bond motifs is 1. The fourth-order valence-electron chi connectivity index (χ4n) is 4.92. The van der Waals surface area contributed by atoms with Crippen LogP contribution in [0, 0.1) is 6.92 Å². The van der Waals surface area contributed by atoms with Crippen molar-refractivity contribution in [2.45, 2.75) is 31.5 Å².